The molecule has 0 saturated heterocycles. The van der Waals surface area contributed by atoms with Crippen molar-refractivity contribution in [2.24, 2.45) is 0 Å². The second-order valence-electron chi connectivity index (χ2n) is 4.73. The molecule has 1 aromatic heterocycles. The van der Waals surface area contributed by atoms with Crippen molar-refractivity contribution in [2.75, 3.05) is 0 Å². The van der Waals surface area contributed by atoms with Crippen LogP contribution in [-0.4, -0.2) is 16.2 Å². The highest BCUT2D eigenvalue weighted by molar-refractivity contribution is 6.31. The molecule has 21 heavy (non-hydrogen) atoms. The smallest absolute Gasteiger partial charge is 0.392 e. The first kappa shape index (κ1) is 15.8. The number of alkyl halides is 3. The van der Waals surface area contributed by atoms with Crippen molar-refractivity contribution in [1.29, 1.82) is 0 Å². The van der Waals surface area contributed by atoms with E-state index in [2.05, 4.69) is 4.98 Å². The second-order valence-corrected chi connectivity index (χ2v) is 5.13. The van der Waals surface area contributed by atoms with E-state index in [9.17, 15) is 18.3 Å². The molecule has 0 fully saturated rings. The predicted octanol–water partition coefficient (Wildman–Crippen LogP) is 3.90. The van der Waals surface area contributed by atoms with Crippen LogP contribution in [0.25, 0.3) is 0 Å². The number of rotatable bonds is 4. The molecule has 1 heterocycles. The number of pyridine rings is 1. The topological polar surface area (TPSA) is 33.1 Å². The third-order valence-corrected chi connectivity index (χ3v) is 3.38. The van der Waals surface area contributed by atoms with Gasteiger partial charge < -0.3 is 5.11 Å². The van der Waals surface area contributed by atoms with Gasteiger partial charge in [-0.25, -0.2) is 0 Å². The van der Waals surface area contributed by atoms with Crippen LogP contribution in [0.15, 0.2) is 42.7 Å². The van der Waals surface area contributed by atoms with E-state index in [4.69, 9.17) is 11.6 Å². The van der Waals surface area contributed by atoms with Gasteiger partial charge >= 0.3 is 6.18 Å². The largest absolute Gasteiger partial charge is 0.416 e. The summed E-state index contributed by atoms with van der Waals surface area (Å²) >= 11 is 5.93. The first-order valence-electron chi connectivity index (χ1n) is 6.29. The molecule has 1 aromatic carbocycles. The maximum atomic E-state index is 12.6. The van der Waals surface area contributed by atoms with Crippen molar-refractivity contribution in [2.45, 2.75) is 25.1 Å². The van der Waals surface area contributed by atoms with Gasteiger partial charge in [0, 0.05) is 18.8 Å². The SMILES string of the molecule is OC(Cc1cccc(C(F)(F)F)c1)Cc1ccncc1Cl. The van der Waals surface area contributed by atoms with E-state index in [1.54, 1.807) is 18.3 Å². The van der Waals surface area contributed by atoms with Crippen LogP contribution in [0.4, 0.5) is 13.2 Å². The molecule has 6 heteroatoms. The van der Waals surface area contributed by atoms with Crippen LogP contribution >= 0.6 is 11.6 Å². The number of halogens is 4. The standard InChI is InChI=1S/C15H13ClF3NO/c16-14-9-20-5-4-11(14)8-13(21)7-10-2-1-3-12(6-10)15(17,18)19/h1-6,9,13,21H,7-8H2. The van der Waals surface area contributed by atoms with E-state index < -0.39 is 17.8 Å². The zero-order valence-electron chi connectivity index (χ0n) is 10.9. The highest BCUT2D eigenvalue weighted by Crippen LogP contribution is 2.29. The van der Waals surface area contributed by atoms with Crippen LogP contribution in [0.3, 0.4) is 0 Å². The fourth-order valence-electron chi connectivity index (χ4n) is 2.04. The lowest BCUT2D eigenvalue weighted by atomic mass is 10.0. The number of aliphatic hydroxyl groups is 1. The zero-order chi connectivity index (χ0) is 15.5. The lowest BCUT2D eigenvalue weighted by Crippen LogP contribution is -2.15. The monoisotopic (exact) mass is 315 g/mol. The Labute approximate surface area is 125 Å². The van der Waals surface area contributed by atoms with Gasteiger partial charge in [0.1, 0.15) is 0 Å². The normalized spacial score (nSPS) is 13.2. The Morgan fingerprint density at radius 1 is 1.19 bits per heavy atom. The molecular formula is C15H13ClF3NO. The molecular weight excluding hydrogens is 303 g/mol. The number of hydrogen-bond acceptors (Lipinski definition) is 2. The molecule has 0 spiro atoms. The minimum Gasteiger partial charge on any atom is -0.392 e. The summed E-state index contributed by atoms with van der Waals surface area (Å²) < 4.78 is 37.9. The molecule has 1 atom stereocenters. The van der Waals surface area contributed by atoms with Gasteiger partial charge in [-0.05, 0) is 29.7 Å². The van der Waals surface area contributed by atoms with E-state index in [1.807, 2.05) is 0 Å². The summed E-state index contributed by atoms with van der Waals surface area (Å²) in [4.78, 5) is 3.84. The van der Waals surface area contributed by atoms with Crippen LogP contribution in [-0.2, 0) is 19.0 Å². The third kappa shape index (κ3) is 4.44. The van der Waals surface area contributed by atoms with Gasteiger partial charge in [0.15, 0.2) is 0 Å². The Balaban J connectivity index is 2.06. The number of aromatic nitrogens is 1. The minimum absolute atomic E-state index is 0.128. The number of aliphatic hydroxyl groups excluding tert-OH is 1. The molecule has 0 radical (unpaired) electrons. The first-order chi connectivity index (χ1) is 9.86. The lowest BCUT2D eigenvalue weighted by molar-refractivity contribution is -0.137. The highest BCUT2D eigenvalue weighted by atomic mass is 35.5. The van der Waals surface area contributed by atoms with Crippen LogP contribution in [0, 0.1) is 0 Å². The second kappa shape index (κ2) is 6.45. The number of nitrogens with zero attached hydrogens (tertiary/aromatic N) is 1. The lowest BCUT2D eigenvalue weighted by Gasteiger charge is -2.13. The quantitative estimate of drug-likeness (QED) is 0.928. The summed E-state index contributed by atoms with van der Waals surface area (Å²) in [5, 5.41) is 10.4. The van der Waals surface area contributed by atoms with Crippen molar-refractivity contribution in [3.63, 3.8) is 0 Å². The van der Waals surface area contributed by atoms with Crippen LogP contribution < -0.4 is 0 Å². The third-order valence-electron chi connectivity index (χ3n) is 3.04. The van der Waals surface area contributed by atoms with Crippen molar-refractivity contribution >= 4 is 11.6 Å². The fourth-order valence-corrected chi connectivity index (χ4v) is 2.24. The Hall–Kier alpha value is -1.59. The van der Waals surface area contributed by atoms with E-state index in [-0.39, 0.29) is 12.8 Å². The van der Waals surface area contributed by atoms with Crippen molar-refractivity contribution in [3.8, 4) is 0 Å². The fraction of sp³-hybridized carbons (Fsp3) is 0.267. The summed E-state index contributed by atoms with van der Waals surface area (Å²) in [6, 6.07) is 6.64. The van der Waals surface area contributed by atoms with Gasteiger partial charge in [0.2, 0.25) is 0 Å². The average molecular weight is 316 g/mol. The van der Waals surface area contributed by atoms with E-state index in [0.717, 1.165) is 12.1 Å². The highest BCUT2D eigenvalue weighted by Gasteiger charge is 2.30. The predicted molar refractivity (Wildman–Crippen MR) is 74.1 cm³/mol. The summed E-state index contributed by atoms with van der Waals surface area (Å²) in [6.07, 6.45) is -1.78. The van der Waals surface area contributed by atoms with Crippen molar-refractivity contribution in [3.05, 3.63) is 64.4 Å². The molecule has 1 N–H and O–H groups in total. The van der Waals surface area contributed by atoms with Gasteiger partial charge in [0.05, 0.1) is 16.7 Å². The van der Waals surface area contributed by atoms with Gasteiger partial charge in [-0.1, -0.05) is 29.8 Å². The summed E-state index contributed by atoms with van der Waals surface area (Å²) in [6.45, 7) is 0. The first-order valence-corrected chi connectivity index (χ1v) is 6.66. The van der Waals surface area contributed by atoms with Crippen LogP contribution in [0.1, 0.15) is 16.7 Å². The molecule has 2 nitrogen and oxygen atoms in total. The molecule has 2 aromatic rings. The molecule has 0 aliphatic carbocycles. The van der Waals surface area contributed by atoms with Gasteiger partial charge in [-0.2, -0.15) is 13.2 Å². The van der Waals surface area contributed by atoms with E-state index in [1.165, 1.54) is 12.3 Å². The average Bonchev–Trinajstić information content (AvgIpc) is 2.41. The van der Waals surface area contributed by atoms with Crippen molar-refractivity contribution < 1.29 is 18.3 Å². The summed E-state index contributed by atoms with van der Waals surface area (Å²) in [5.41, 5.74) is 0.433. The molecule has 112 valence electrons. The summed E-state index contributed by atoms with van der Waals surface area (Å²) in [7, 11) is 0. The zero-order valence-corrected chi connectivity index (χ0v) is 11.7. The molecule has 0 aliphatic rings. The Bertz CT molecular complexity index is 616. The van der Waals surface area contributed by atoms with Gasteiger partial charge in [-0.3, -0.25) is 4.98 Å². The minimum atomic E-state index is -4.38. The molecule has 0 amide bonds. The maximum Gasteiger partial charge on any atom is 0.416 e. The van der Waals surface area contributed by atoms with Gasteiger partial charge in [-0.15, -0.1) is 0 Å². The maximum absolute atomic E-state index is 12.6. The molecule has 0 aliphatic heterocycles. The van der Waals surface area contributed by atoms with Gasteiger partial charge in [0.25, 0.3) is 0 Å². The Morgan fingerprint density at radius 3 is 2.62 bits per heavy atom. The molecule has 2 rings (SSSR count). The molecule has 1 unspecified atom stereocenters. The number of benzene rings is 1. The van der Waals surface area contributed by atoms with Crippen LogP contribution in [0.5, 0.6) is 0 Å². The van der Waals surface area contributed by atoms with Crippen LogP contribution in [0.2, 0.25) is 5.02 Å². The van der Waals surface area contributed by atoms with Crippen molar-refractivity contribution in [1.82, 2.24) is 4.98 Å². The summed E-state index contributed by atoms with van der Waals surface area (Å²) in [5.74, 6) is 0. The van der Waals surface area contributed by atoms with E-state index >= 15 is 0 Å². The molecule has 0 saturated carbocycles. The number of hydrogen-bond donors (Lipinski definition) is 1. The molecule has 0 bridgehead atoms. The Morgan fingerprint density at radius 2 is 1.95 bits per heavy atom. The van der Waals surface area contributed by atoms with E-state index in [0.29, 0.717) is 16.1 Å². The Kier molecular flexibility index (Phi) is 4.85.